The molecule has 0 saturated carbocycles. The molecule has 1 rings (SSSR count). The van der Waals surface area contributed by atoms with Gasteiger partial charge in [0.15, 0.2) is 0 Å². The van der Waals surface area contributed by atoms with E-state index in [0.717, 1.165) is 5.56 Å². The largest absolute Gasteiger partial charge is 0.417 e. The quantitative estimate of drug-likeness (QED) is 0.597. The van der Waals surface area contributed by atoms with Crippen LogP contribution in [0.4, 0.5) is 4.79 Å². The Kier molecular flexibility index (Phi) is 4.69. The molecule has 0 N–H and O–H groups in total. The summed E-state index contributed by atoms with van der Waals surface area (Å²) in [5.41, 5.74) is 1.22. The van der Waals surface area contributed by atoms with Crippen molar-refractivity contribution in [2.75, 3.05) is 13.1 Å². The molecule has 0 fully saturated rings. The van der Waals surface area contributed by atoms with Gasteiger partial charge in [0.25, 0.3) is 0 Å². The monoisotopic (exact) mass is 235 g/mol. The number of aryl methyl sites for hydroxylation is 1. The topological polar surface area (TPSA) is 46.6 Å². The number of benzene rings is 1. The highest BCUT2D eigenvalue weighted by atomic mass is 16.6. The van der Waals surface area contributed by atoms with E-state index in [0.29, 0.717) is 18.7 Å². The predicted octanol–water partition coefficient (Wildman–Crippen LogP) is 2.61. The van der Waals surface area contributed by atoms with Crippen LogP contribution in [0.25, 0.3) is 0 Å². The Morgan fingerprint density at radius 1 is 1.18 bits per heavy atom. The number of ether oxygens (including phenoxy) is 1. The Labute approximate surface area is 101 Å². The molecule has 0 aliphatic carbocycles. The van der Waals surface area contributed by atoms with Gasteiger partial charge in [-0.1, -0.05) is 18.2 Å². The summed E-state index contributed by atoms with van der Waals surface area (Å²) in [6.07, 6.45) is -0.594. The second-order valence-corrected chi connectivity index (χ2v) is 3.64. The van der Waals surface area contributed by atoms with Gasteiger partial charge in [-0.15, -0.1) is 0 Å². The summed E-state index contributed by atoms with van der Waals surface area (Å²) in [4.78, 5) is 24.8. The zero-order chi connectivity index (χ0) is 12.8. The molecule has 1 amide bonds. The summed E-state index contributed by atoms with van der Waals surface area (Å²) in [6.45, 7) is 6.53. The fourth-order valence-electron chi connectivity index (χ4n) is 1.48. The summed E-state index contributed by atoms with van der Waals surface area (Å²) in [6, 6.07) is 7.02. The highest BCUT2D eigenvalue weighted by Gasteiger charge is 2.18. The number of rotatable bonds is 3. The molecule has 0 atom stereocenters. The normalized spacial score (nSPS) is 9.82. The summed E-state index contributed by atoms with van der Waals surface area (Å²) in [5.74, 6) is -0.597. The van der Waals surface area contributed by atoms with E-state index >= 15 is 0 Å². The van der Waals surface area contributed by atoms with Crippen LogP contribution in [0, 0.1) is 6.92 Å². The van der Waals surface area contributed by atoms with E-state index in [1.807, 2.05) is 19.9 Å². The van der Waals surface area contributed by atoms with Crippen molar-refractivity contribution in [3.8, 4) is 0 Å². The molecule has 1 aromatic rings. The lowest BCUT2D eigenvalue weighted by atomic mass is 10.1. The van der Waals surface area contributed by atoms with Crippen molar-refractivity contribution in [1.82, 2.24) is 4.90 Å². The van der Waals surface area contributed by atoms with Crippen molar-refractivity contribution in [3.63, 3.8) is 0 Å². The van der Waals surface area contributed by atoms with E-state index < -0.39 is 12.1 Å². The summed E-state index contributed by atoms with van der Waals surface area (Å²) < 4.78 is 4.81. The second-order valence-electron chi connectivity index (χ2n) is 3.64. The van der Waals surface area contributed by atoms with Crippen LogP contribution in [0.1, 0.15) is 29.8 Å². The highest BCUT2D eigenvalue weighted by molar-refractivity contribution is 5.97. The Morgan fingerprint density at radius 2 is 1.76 bits per heavy atom. The van der Waals surface area contributed by atoms with Crippen molar-refractivity contribution < 1.29 is 14.3 Å². The van der Waals surface area contributed by atoms with Crippen molar-refractivity contribution in [2.45, 2.75) is 20.8 Å². The van der Waals surface area contributed by atoms with E-state index in [9.17, 15) is 9.59 Å². The lowest BCUT2D eigenvalue weighted by Crippen LogP contribution is -2.32. The Balaban J connectivity index is 2.73. The first-order chi connectivity index (χ1) is 8.10. The van der Waals surface area contributed by atoms with Crippen LogP contribution in [0.15, 0.2) is 24.3 Å². The van der Waals surface area contributed by atoms with E-state index in [1.165, 1.54) is 4.90 Å². The number of hydrogen-bond donors (Lipinski definition) is 0. The summed E-state index contributed by atoms with van der Waals surface area (Å²) in [7, 11) is 0. The summed E-state index contributed by atoms with van der Waals surface area (Å²) >= 11 is 0. The maximum Gasteiger partial charge on any atom is 0.417 e. The molecule has 0 aliphatic rings. The fraction of sp³-hybridized carbons (Fsp3) is 0.385. The zero-order valence-electron chi connectivity index (χ0n) is 10.4. The average Bonchev–Trinajstić information content (AvgIpc) is 2.31. The van der Waals surface area contributed by atoms with Gasteiger partial charge in [-0.05, 0) is 32.4 Å². The third-order valence-corrected chi connectivity index (χ3v) is 2.57. The van der Waals surface area contributed by atoms with Crippen molar-refractivity contribution in [3.05, 3.63) is 35.4 Å². The minimum atomic E-state index is -0.597. The first-order valence-electron chi connectivity index (χ1n) is 5.66. The molecule has 4 nitrogen and oxygen atoms in total. The molecule has 0 saturated heterocycles. The number of carbonyl (C=O) groups is 2. The maximum absolute atomic E-state index is 11.7. The van der Waals surface area contributed by atoms with Gasteiger partial charge in [0.2, 0.25) is 0 Å². The lowest BCUT2D eigenvalue weighted by molar-refractivity contribution is 0.0549. The molecule has 0 bridgehead atoms. The van der Waals surface area contributed by atoms with Gasteiger partial charge in [0.1, 0.15) is 0 Å². The maximum atomic E-state index is 11.7. The van der Waals surface area contributed by atoms with Gasteiger partial charge in [0, 0.05) is 13.1 Å². The van der Waals surface area contributed by atoms with Crippen LogP contribution in [-0.4, -0.2) is 30.1 Å². The molecule has 0 unspecified atom stereocenters. The van der Waals surface area contributed by atoms with Crippen LogP contribution in [0.5, 0.6) is 0 Å². The van der Waals surface area contributed by atoms with Crippen LogP contribution >= 0.6 is 0 Å². The molecule has 0 heterocycles. The standard InChI is InChI=1S/C13H17NO3/c1-4-14(5-2)13(16)17-12(15)11-9-7-6-8-10(11)3/h6-9H,4-5H2,1-3H3. The average molecular weight is 235 g/mol. The first-order valence-corrected chi connectivity index (χ1v) is 5.66. The van der Waals surface area contributed by atoms with Crippen molar-refractivity contribution >= 4 is 12.1 Å². The number of esters is 1. The first kappa shape index (κ1) is 13.2. The molecule has 92 valence electrons. The fourth-order valence-corrected chi connectivity index (χ4v) is 1.48. The lowest BCUT2D eigenvalue weighted by Gasteiger charge is -2.17. The van der Waals surface area contributed by atoms with Gasteiger partial charge >= 0.3 is 12.1 Å². The SMILES string of the molecule is CCN(CC)C(=O)OC(=O)c1ccccc1C. The number of carbonyl (C=O) groups excluding carboxylic acids is 2. The van der Waals surface area contributed by atoms with Gasteiger partial charge in [0.05, 0.1) is 5.56 Å². The molecule has 1 aromatic carbocycles. The van der Waals surface area contributed by atoms with Gasteiger partial charge in [-0.3, -0.25) is 0 Å². The number of hydrogen-bond acceptors (Lipinski definition) is 3. The zero-order valence-corrected chi connectivity index (χ0v) is 10.4. The number of amides is 1. The second kappa shape index (κ2) is 6.03. The molecule has 0 aromatic heterocycles. The summed E-state index contributed by atoms with van der Waals surface area (Å²) in [5, 5.41) is 0. The van der Waals surface area contributed by atoms with Crippen LogP contribution in [0.3, 0.4) is 0 Å². The molecule has 4 heteroatoms. The van der Waals surface area contributed by atoms with Crippen LogP contribution in [-0.2, 0) is 4.74 Å². The van der Waals surface area contributed by atoms with E-state index in [1.54, 1.807) is 25.1 Å². The van der Waals surface area contributed by atoms with E-state index in [-0.39, 0.29) is 0 Å². The van der Waals surface area contributed by atoms with Crippen LogP contribution in [0.2, 0.25) is 0 Å². The van der Waals surface area contributed by atoms with Gasteiger partial charge in [-0.2, -0.15) is 0 Å². The van der Waals surface area contributed by atoms with Crippen molar-refractivity contribution in [2.24, 2.45) is 0 Å². The van der Waals surface area contributed by atoms with Gasteiger partial charge in [-0.25, -0.2) is 9.59 Å². The van der Waals surface area contributed by atoms with E-state index in [4.69, 9.17) is 4.74 Å². The molecule has 17 heavy (non-hydrogen) atoms. The highest BCUT2D eigenvalue weighted by Crippen LogP contribution is 2.09. The Hall–Kier alpha value is -1.84. The molecular weight excluding hydrogens is 218 g/mol. The minimum Gasteiger partial charge on any atom is -0.372 e. The predicted molar refractivity (Wildman–Crippen MR) is 64.9 cm³/mol. The molecule has 0 radical (unpaired) electrons. The smallest absolute Gasteiger partial charge is 0.372 e. The Morgan fingerprint density at radius 3 is 2.29 bits per heavy atom. The number of nitrogens with zero attached hydrogens (tertiary/aromatic N) is 1. The van der Waals surface area contributed by atoms with Crippen LogP contribution < -0.4 is 0 Å². The molecule has 0 spiro atoms. The van der Waals surface area contributed by atoms with Gasteiger partial charge < -0.3 is 9.64 Å². The van der Waals surface area contributed by atoms with E-state index in [2.05, 4.69) is 0 Å². The third-order valence-electron chi connectivity index (χ3n) is 2.57. The third kappa shape index (κ3) is 3.31. The Bertz CT molecular complexity index is 411. The molecular formula is C13H17NO3. The molecule has 0 aliphatic heterocycles. The van der Waals surface area contributed by atoms with Crippen molar-refractivity contribution in [1.29, 1.82) is 0 Å². The minimum absolute atomic E-state index is 0.424.